The summed E-state index contributed by atoms with van der Waals surface area (Å²) in [5.74, 6) is 0.764. The zero-order valence-electron chi connectivity index (χ0n) is 13.7. The number of hydrogen-bond acceptors (Lipinski definition) is 3. The third kappa shape index (κ3) is 3.23. The normalized spacial score (nSPS) is 14.4. The summed E-state index contributed by atoms with van der Waals surface area (Å²) >= 11 is 3.52. The quantitative estimate of drug-likeness (QED) is 0.619. The van der Waals surface area contributed by atoms with E-state index in [2.05, 4.69) is 52.1 Å². The first-order valence-corrected chi connectivity index (χ1v) is 9.23. The van der Waals surface area contributed by atoms with Crippen molar-refractivity contribution in [2.45, 2.75) is 32.8 Å². The van der Waals surface area contributed by atoms with Gasteiger partial charge in [-0.3, -0.25) is 4.98 Å². The van der Waals surface area contributed by atoms with Crippen molar-refractivity contribution in [2.75, 3.05) is 6.61 Å². The summed E-state index contributed by atoms with van der Waals surface area (Å²) in [7, 11) is 0. The van der Waals surface area contributed by atoms with Gasteiger partial charge in [-0.2, -0.15) is 5.10 Å². The van der Waals surface area contributed by atoms with E-state index in [4.69, 9.17) is 9.84 Å². The van der Waals surface area contributed by atoms with Crippen molar-refractivity contribution in [2.24, 2.45) is 5.92 Å². The van der Waals surface area contributed by atoms with Crippen LogP contribution in [-0.2, 0) is 17.8 Å². The molecule has 24 heavy (non-hydrogen) atoms. The van der Waals surface area contributed by atoms with Crippen LogP contribution in [-0.4, -0.2) is 21.2 Å². The van der Waals surface area contributed by atoms with Crippen LogP contribution >= 0.6 is 15.9 Å². The van der Waals surface area contributed by atoms with Crippen LogP contribution in [0.4, 0.5) is 0 Å². The number of nitrogens with zero attached hydrogens (tertiary/aromatic N) is 3. The maximum absolute atomic E-state index is 5.86. The first kappa shape index (κ1) is 15.8. The largest absolute Gasteiger partial charge is 0.375 e. The Bertz CT molecular complexity index is 870. The zero-order valence-corrected chi connectivity index (χ0v) is 15.3. The van der Waals surface area contributed by atoms with E-state index in [9.17, 15) is 0 Å². The maximum Gasteiger partial charge on any atom is 0.0906 e. The fraction of sp³-hybridized carbons (Fsp3) is 0.368. The van der Waals surface area contributed by atoms with Crippen LogP contribution in [0.5, 0.6) is 0 Å². The molecule has 1 aliphatic carbocycles. The molecule has 0 amide bonds. The van der Waals surface area contributed by atoms with Gasteiger partial charge in [0.15, 0.2) is 0 Å². The van der Waals surface area contributed by atoms with Gasteiger partial charge in [-0.15, -0.1) is 0 Å². The Labute approximate surface area is 150 Å². The number of hydrogen-bond donors (Lipinski definition) is 0. The van der Waals surface area contributed by atoms with E-state index in [0.717, 1.165) is 45.8 Å². The molecule has 0 saturated heterocycles. The first-order valence-electron chi connectivity index (χ1n) is 8.44. The topological polar surface area (TPSA) is 39.4 Å². The van der Waals surface area contributed by atoms with Gasteiger partial charge >= 0.3 is 0 Å². The van der Waals surface area contributed by atoms with E-state index in [-0.39, 0.29) is 0 Å². The molecule has 0 N–H and O–H groups in total. The van der Waals surface area contributed by atoms with E-state index < -0.39 is 0 Å². The van der Waals surface area contributed by atoms with Crippen LogP contribution in [0.3, 0.4) is 0 Å². The smallest absolute Gasteiger partial charge is 0.0906 e. The van der Waals surface area contributed by atoms with Gasteiger partial charge in [0.2, 0.25) is 0 Å². The molecule has 0 radical (unpaired) electrons. The molecule has 4 rings (SSSR count). The number of halogens is 1. The lowest BCUT2D eigenvalue weighted by Gasteiger charge is -2.10. The molecule has 1 saturated carbocycles. The third-order valence-corrected chi connectivity index (χ3v) is 4.86. The molecular weight excluding hydrogens is 366 g/mol. The average Bonchev–Trinajstić information content (AvgIpc) is 3.32. The number of ether oxygens (including phenoxy) is 1. The summed E-state index contributed by atoms with van der Waals surface area (Å²) in [4.78, 5) is 4.31. The van der Waals surface area contributed by atoms with E-state index in [1.54, 1.807) is 6.20 Å². The van der Waals surface area contributed by atoms with Gasteiger partial charge in [-0.25, -0.2) is 4.52 Å². The summed E-state index contributed by atoms with van der Waals surface area (Å²) in [5, 5.41) is 4.79. The maximum atomic E-state index is 5.86. The second-order valence-electron chi connectivity index (χ2n) is 6.37. The number of fused-ring (bicyclic) bond motifs is 1. The predicted octanol–water partition coefficient (Wildman–Crippen LogP) is 4.65. The van der Waals surface area contributed by atoms with E-state index in [1.165, 1.54) is 18.5 Å². The second kappa shape index (κ2) is 6.65. The van der Waals surface area contributed by atoms with Crippen molar-refractivity contribution in [3.8, 4) is 11.1 Å². The summed E-state index contributed by atoms with van der Waals surface area (Å²) in [6.07, 6.45) is 7.26. The van der Waals surface area contributed by atoms with Crippen molar-refractivity contribution in [3.63, 3.8) is 0 Å². The zero-order chi connectivity index (χ0) is 16.5. The predicted molar refractivity (Wildman–Crippen MR) is 97.9 cm³/mol. The molecule has 1 aliphatic rings. The summed E-state index contributed by atoms with van der Waals surface area (Å²) < 4.78 is 8.88. The highest BCUT2D eigenvalue weighted by Crippen LogP contribution is 2.30. The van der Waals surface area contributed by atoms with Crippen LogP contribution in [0.25, 0.3) is 16.6 Å². The number of aryl methyl sites for hydroxylation is 1. The van der Waals surface area contributed by atoms with Crippen LogP contribution in [0.1, 0.15) is 31.2 Å². The molecule has 0 unspecified atom stereocenters. The molecule has 3 aromatic rings. The van der Waals surface area contributed by atoms with Gasteiger partial charge in [0.1, 0.15) is 0 Å². The highest BCUT2D eigenvalue weighted by Gasteiger charge is 2.21. The number of rotatable bonds is 6. The van der Waals surface area contributed by atoms with Crippen LogP contribution in [0, 0.1) is 5.92 Å². The molecule has 4 nitrogen and oxygen atoms in total. The monoisotopic (exact) mass is 385 g/mol. The summed E-state index contributed by atoms with van der Waals surface area (Å²) in [5.41, 5.74) is 5.50. The Hall–Kier alpha value is -1.72. The van der Waals surface area contributed by atoms with E-state index >= 15 is 0 Å². The first-order chi connectivity index (χ1) is 11.7. The molecule has 0 spiro atoms. The molecule has 124 valence electrons. The van der Waals surface area contributed by atoms with Gasteiger partial charge in [-0.1, -0.05) is 6.92 Å². The fourth-order valence-corrected chi connectivity index (χ4v) is 3.30. The van der Waals surface area contributed by atoms with Crippen LogP contribution < -0.4 is 0 Å². The summed E-state index contributed by atoms with van der Waals surface area (Å²) in [6, 6.07) is 8.50. The van der Waals surface area contributed by atoms with Crippen LogP contribution in [0.15, 0.2) is 41.1 Å². The minimum absolute atomic E-state index is 0.558. The molecule has 5 heteroatoms. The van der Waals surface area contributed by atoms with Gasteiger partial charge in [0, 0.05) is 40.3 Å². The highest BCUT2D eigenvalue weighted by molar-refractivity contribution is 9.10. The van der Waals surface area contributed by atoms with Crippen LogP contribution in [0.2, 0.25) is 0 Å². The molecule has 3 aromatic heterocycles. The lowest BCUT2D eigenvalue weighted by molar-refractivity contribution is 0.108. The van der Waals surface area contributed by atoms with Gasteiger partial charge in [0.05, 0.1) is 17.8 Å². The highest BCUT2D eigenvalue weighted by atomic mass is 79.9. The fourth-order valence-electron chi connectivity index (χ4n) is 2.93. The minimum Gasteiger partial charge on any atom is -0.375 e. The minimum atomic E-state index is 0.558. The average molecular weight is 386 g/mol. The Morgan fingerprint density at radius 2 is 2.12 bits per heavy atom. The van der Waals surface area contributed by atoms with Crippen molar-refractivity contribution >= 4 is 21.4 Å². The second-order valence-corrected chi connectivity index (χ2v) is 7.29. The molecule has 0 bridgehead atoms. The Balaban J connectivity index is 1.75. The molecule has 0 aliphatic heterocycles. The standard InChI is InChI=1S/C19H20BrN3O/c1-2-17-5-6-19-18(14-7-15(20)10-21-9-14)8-16(22-23(17)19)12-24-11-13-3-4-13/h5-10,13H,2-4,11-12H2,1H3. The lowest BCUT2D eigenvalue weighted by atomic mass is 10.1. The SMILES string of the molecule is CCc1ccc2c(-c3cncc(Br)c3)cc(COCC3CC3)nn12. The third-order valence-electron chi connectivity index (χ3n) is 4.43. The number of pyridine rings is 1. The Morgan fingerprint density at radius 1 is 1.25 bits per heavy atom. The van der Waals surface area contributed by atoms with Gasteiger partial charge in [-0.05, 0) is 65.4 Å². The molecule has 0 atom stereocenters. The summed E-state index contributed by atoms with van der Waals surface area (Å²) in [6.45, 7) is 3.56. The van der Waals surface area contributed by atoms with Crippen molar-refractivity contribution < 1.29 is 4.74 Å². The molecule has 0 aromatic carbocycles. The molecular formula is C19H20BrN3O. The van der Waals surface area contributed by atoms with Gasteiger partial charge in [0.25, 0.3) is 0 Å². The van der Waals surface area contributed by atoms with Crippen molar-refractivity contribution in [3.05, 3.63) is 52.5 Å². The van der Waals surface area contributed by atoms with Gasteiger partial charge < -0.3 is 4.74 Å². The molecule has 3 heterocycles. The lowest BCUT2D eigenvalue weighted by Crippen LogP contribution is -2.05. The Morgan fingerprint density at radius 3 is 2.88 bits per heavy atom. The van der Waals surface area contributed by atoms with E-state index in [1.807, 2.05) is 10.7 Å². The van der Waals surface area contributed by atoms with E-state index in [0.29, 0.717) is 6.61 Å². The number of aromatic nitrogens is 3. The Kier molecular flexibility index (Phi) is 4.37. The van der Waals surface area contributed by atoms with Crippen molar-refractivity contribution in [1.82, 2.24) is 14.6 Å². The van der Waals surface area contributed by atoms with Crippen molar-refractivity contribution in [1.29, 1.82) is 0 Å². The molecule has 1 fully saturated rings.